The molecule has 0 aliphatic carbocycles. The molecule has 0 aromatic rings. The molecule has 19 heavy (non-hydrogen) atoms. The predicted molar refractivity (Wildman–Crippen MR) is 80.2 cm³/mol. The fraction of sp³-hybridized carbons (Fsp3) is 0.933. The van der Waals surface area contributed by atoms with Crippen molar-refractivity contribution in [2.45, 2.75) is 46.5 Å². The smallest absolute Gasteiger partial charge is 0.227 e. The van der Waals surface area contributed by atoms with Crippen LogP contribution in [0.2, 0.25) is 0 Å². The zero-order valence-corrected chi connectivity index (χ0v) is 12.9. The van der Waals surface area contributed by atoms with Crippen molar-refractivity contribution >= 4 is 5.91 Å². The van der Waals surface area contributed by atoms with Crippen LogP contribution in [0.1, 0.15) is 46.5 Å². The Hall–Kier alpha value is -0.610. The Morgan fingerprint density at radius 3 is 2.58 bits per heavy atom. The third kappa shape index (κ3) is 4.77. The Labute approximate surface area is 118 Å². The molecule has 112 valence electrons. The molecule has 0 radical (unpaired) electrons. The Balaban J connectivity index is 2.44. The SMILES string of the molecule is CCCC1(C(=O)NCCN(CC)CC)CCCNC1. The van der Waals surface area contributed by atoms with Gasteiger partial charge < -0.3 is 15.5 Å². The molecular weight excluding hydrogens is 238 g/mol. The van der Waals surface area contributed by atoms with Crippen LogP contribution in [0, 0.1) is 5.41 Å². The maximum Gasteiger partial charge on any atom is 0.227 e. The first-order valence-corrected chi connectivity index (χ1v) is 7.90. The van der Waals surface area contributed by atoms with Crippen molar-refractivity contribution in [3.8, 4) is 0 Å². The minimum atomic E-state index is -0.156. The number of piperidine rings is 1. The molecule has 0 spiro atoms. The van der Waals surface area contributed by atoms with E-state index in [0.29, 0.717) is 0 Å². The highest BCUT2D eigenvalue weighted by molar-refractivity contribution is 5.83. The predicted octanol–water partition coefficient (Wildman–Crippen LogP) is 1.61. The summed E-state index contributed by atoms with van der Waals surface area (Å²) in [5.41, 5.74) is -0.156. The van der Waals surface area contributed by atoms with E-state index < -0.39 is 0 Å². The molecular formula is C15H31N3O. The van der Waals surface area contributed by atoms with Crippen molar-refractivity contribution in [2.75, 3.05) is 39.3 Å². The van der Waals surface area contributed by atoms with Gasteiger partial charge in [-0.25, -0.2) is 0 Å². The van der Waals surface area contributed by atoms with Crippen molar-refractivity contribution in [1.82, 2.24) is 15.5 Å². The van der Waals surface area contributed by atoms with Gasteiger partial charge in [0, 0.05) is 19.6 Å². The molecule has 4 heteroatoms. The Morgan fingerprint density at radius 2 is 2.05 bits per heavy atom. The van der Waals surface area contributed by atoms with Crippen LogP contribution in [0.25, 0.3) is 0 Å². The number of likely N-dealkylation sites (N-methyl/N-ethyl adjacent to an activating group) is 1. The lowest BCUT2D eigenvalue weighted by molar-refractivity contribution is -0.132. The fourth-order valence-electron chi connectivity index (χ4n) is 3.02. The van der Waals surface area contributed by atoms with Crippen molar-refractivity contribution in [3.63, 3.8) is 0 Å². The first-order valence-electron chi connectivity index (χ1n) is 7.90. The number of hydrogen-bond donors (Lipinski definition) is 2. The Morgan fingerprint density at radius 1 is 1.32 bits per heavy atom. The van der Waals surface area contributed by atoms with E-state index in [9.17, 15) is 4.79 Å². The van der Waals surface area contributed by atoms with E-state index in [0.717, 1.165) is 65.0 Å². The van der Waals surface area contributed by atoms with Gasteiger partial charge >= 0.3 is 0 Å². The molecule has 1 aliphatic heterocycles. The topological polar surface area (TPSA) is 44.4 Å². The number of rotatable bonds is 8. The average molecular weight is 269 g/mol. The summed E-state index contributed by atoms with van der Waals surface area (Å²) in [6, 6.07) is 0. The van der Waals surface area contributed by atoms with Gasteiger partial charge in [0.1, 0.15) is 0 Å². The monoisotopic (exact) mass is 269 g/mol. The maximum atomic E-state index is 12.5. The summed E-state index contributed by atoms with van der Waals surface area (Å²) in [7, 11) is 0. The van der Waals surface area contributed by atoms with E-state index >= 15 is 0 Å². The lowest BCUT2D eigenvalue weighted by Crippen LogP contribution is -2.51. The van der Waals surface area contributed by atoms with Crippen LogP contribution in [0.3, 0.4) is 0 Å². The zero-order valence-electron chi connectivity index (χ0n) is 12.9. The van der Waals surface area contributed by atoms with Gasteiger partial charge in [-0.3, -0.25) is 4.79 Å². The minimum absolute atomic E-state index is 0.156. The van der Waals surface area contributed by atoms with Crippen molar-refractivity contribution in [2.24, 2.45) is 5.41 Å². The molecule has 1 aliphatic rings. The van der Waals surface area contributed by atoms with Gasteiger partial charge in [-0.1, -0.05) is 27.2 Å². The van der Waals surface area contributed by atoms with Gasteiger partial charge in [-0.2, -0.15) is 0 Å². The first kappa shape index (κ1) is 16.4. The molecule has 1 unspecified atom stereocenters. The molecule has 1 amide bonds. The third-order valence-electron chi connectivity index (χ3n) is 4.29. The number of nitrogens with one attached hydrogen (secondary N) is 2. The number of carbonyl (C=O) groups is 1. The molecule has 0 aromatic carbocycles. The molecule has 1 rings (SSSR count). The standard InChI is InChI=1S/C15H31N3O/c1-4-8-15(9-7-10-16-13-15)14(19)17-11-12-18(5-2)6-3/h16H,4-13H2,1-3H3,(H,17,19). The molecule has 0 saturated carbocycles. The molecule has 0 bridgehead atoms. The van der Waals surface area contributed by atoms with Gasteiger partial charge in [0.15, 0.2) is 0 Å². The van der Waals surface area contributed by atoms with Gasteiger partial charge in [0.25, 0.3) is 0 Å². The Kier molecular flexibility index (Phi) is 7.39. The van der Waals surface area contributed by atoms with Crippen LogP contribution in [-0.2, 0) is 4.79 Å². The van der Waals surface area contributed by atoms with E-state index in [1.807, 2.05) is 0 Å². The number of nitrogens with zero attached hydrogens (tertiary/aromatic N) is 1. The van der Waals surface area contributed by atoms with E-state index in [2.05, 4.69) is 36.3 Å². The molecule has 4 nitrogen and oxygen atoms in total. The van der Waals surface area contributed by atoms with Gasteiger partial charge in [-0.05, 0) is 38.9 Å². The summed E-state index contributed by atoms with van der Waals surface area (Å²) in [4.78, 5) is 14.8. The highest BCUT2D eigenvalue weighted by Crippen LogP contribution is 2.31. The maximum absolute atomic E-state index is 12.5. The summed E-state index contributed by atoms with van der Waals surface area (Å²) in [6.07, 6.45) is 4.22. The van der Waals surface area contributed by atoms with Crippen LogP contribution in [0.4, 0.5) is 0 Å². The number of hydrogen-bond acceptors (Lipinski definition) is 3. The van der Waals surface area contributed by atoms with Crippen LogP contribution in [0.15, 0.2) is 0 Å². The zero-order chi connectivity index (χ0) is 14.1. The Bertz CT molecular complexity index is 253. The normalized spacial score (nSPS) is 23.6. The quantitative estimate of drug-likeness (QED) is 0.704. The fourth-order valence-corrected chi connectivity index (χ4v) is 3.02. The lowest BCUT2D eigenvalue weighted by atomic mass is 9.76. The van der Waals surface area contributed by atoms with E-state index in [1.165, 1.54) is 0 Å². The highest BCUT2D eigenvalue weighted by Gasteiger charge is 2.38. The molecule has 1 heterocycles. The number of carbonyl (C=O) groups excluding carboxylic acids is 1. The van der Waals surface area contributed by atoms with E-state index in [4.69, 9.17) is 0 Å². The van der Waals surface area contributed by atoms with Crippen LogP contribution in [-0.4, -0.2) is 50.1 Å². The lowest BCUT2D eigenvalue weighted by Gasteiger charge is -2.36. The van der Waals surface area contributed by atoms with Gasteiger partial charge in [-0.15, -0.1) is 0 Å². The molecule has 1 saturated heterocycles. The van der Waals surface area contributed by atoms with E-state index in [1.54, 1.807) is 0 Å². The molecule has 0 aromatic heterocycles. The van der Waals surface area contributed by atoms with Gasteiger partial charge in [0.05, 0.1) is 5.41 Å². The second-order valence-electron chi connectivity index (χ2n) is 5.59. The summed E-state index contributed by atoms with van der Waals surface area (Å²) in [5.74, 6) is 0.258. The summed E-state index contributed by atoms with van der Waals surface area (Å²) < 4.78 is 0. The van der Waals surface area contributed by atoms with Crippen LogP contribution < -0.4 is 10.6 Å². The summed E-state index contributed by atoms with van der Waals surface area (Å²) in [6.45, 7) is 12.2. The summed E-state index contributed by atoms with van der Waals surface area (Å²) in [5, 5.41) is 6.55. The highest BCUT2D eigenvalue weighted by atomic mass is 16.2. The second-order valence-corrected chi connectivity index (χ2v) is 5.59. The number of amides is 1. The minimum Gasteiger partial charge on any atom is -0.354 e. The van der Waals surface area contributed by atoms with E-state index in [-0.39, 0.29) is 11.3 Å². The molecule has 2 N–H and O–H groups in total. The molecule has 1 atom stereocenters. The van der Waals surface area contributed by atoms with Crippen LogP contribution >= 0.6 is 0 Å². The van der Waals surface area contributed by atoms with Crippen molar-refractivity contribution < 1.29 is 4.79 Å². The van der Waals surface area contributed by atoms with Crippen LogP contribution in [0.5, 0.6) is 0 Å². The first-order chi connectivity index (χ1) is 9.18. The largest absolute Gasteiger partial charge is 0.354 e. The van der Waals surface area contributed by atoms with Crippen molar-refractivity contribution in [3.05, 3.63) is 0 Å². The third-order valence-corrected chi connectivity index (χ3v) is 4.29. The van der Waals surface area contributed by atoms with Crippen molar-refractivity contribution in [1.29, 1.82) is 0 Å². The summed E-state index contributed by atoms with van der Waals surface area (Å²) >= 11 is 0. The second kappa shape index (κ2) is 8.54. The van der Waals surface area contributed by atoms with Gasteiger partial charge in [0.2, 0.25) is 5.91 Å². The average Bonchev–Trinajstić information content (AvgIpc) is 2.44. The molecule has 1 fully saturated rings.